The fourth-order valence-electron chi connectivity index (χ4n) is 3.80. The summed E-state index contributed by atoms with van der Waals surface area (Å²) in [5, 5.41) is 5.25. The molecule has 0 spiro atoms. The van der Waals surface area contributed by atoms with E-state index >= 15 is 0 Å². The Labute approximate surface area is 180 Å². The number of nitrogens with one attached hydrogen (secondary N) is 1. The first-order valence-corrected chi connectivity index (χ1v) is 10.5. The van der Waals surface area contributed by atoms with Crippen LogP contribution in [0.3, 0.4) is 0 Å². The Kier molecular flexibility index (Phi) is 5.11. The third-order valence-corrected chi connectivity index (χ3v) is 5.60. The Balaban J connectivity index is 1.41. The van der Waals surface area contributed by atoms with E-state index in [1.54, 1.807) is 0 Å². The number of aromatic nitrogens is 2. The second-order valence-corrected chi connectivity index (χ2v) is 7.77. The summed E-state index contributed by atoms with van der Waals surface area (Å²) in [6, 6.07) is 26.3. The molecule has 1 N–H and O–H groups in total. The summed E-state index contributed by atoms with van der Waals surface area (Å²) in [6.07, 6.45) is 0. The van der Waals surface area contributed by atoms with Gasteiger partial charge in [0.15, 0.2) is 0 Å². The molecule has 0 atom stereocenters. The second-order valence-electron chi connectivity index (χ2n) is 7.33. The van der Waals surface area contributed by atoms with Crippen LogP contribution in [0.25, 0.3) is 10.9 Å². The normalized spacial score (nSPS) is 14.2. The summed E-state index contributed by atoms with van der Waals surface area (Å²) in [4.78, 5) is 14.4. The highest BCUT2D eigenvalue weighted by molar-refractivity contribution is 6.30. The fraction of sp³-hybridized carbons (Fsp3) is 0.167. The topological polar surface area (TPSA) is 44.3 Å². The van der Waals surface area contributed by atoms with Crippen molar-refractivity contribution in [1.29, 1.82) is 0 Å². The fourth-order valence-corrected chi connectivity index (χ4v) is 3.98. The Morgan fingerprint density at radius 2 is 1.47 bits per heavy atom. The largest absolute Gasteiger partial charge is 0.368 e. The second kappa shape index (κ2) is 8.20. The van der Waals surface area contributed by atoms with Crippen LogP contribution >= 0.6 is 11.6 Å². The van der Waals surface area contributed by atoms with Crippen LogP contribution in [0.1, 0.15) is 0 Å². The molecule has 2 heterocycles. The van der Waals surface area contributed by atoms with Crippen molar-refractivity contribution < 1.29 is 0 Å². The summed E-state index contributed by atoms with van der Waals surface area (Å²) in [7, 11) is 0. The number of hydrogen-bond acceptors (Lipinski definition) is 5. The van der Waals surface area contributed by atoms with E-state index in [0.717, 1.165) is 65.2 Å². The number of para-hydroxylation sites is 2. The van der Waals surface area contributed by atoms with Crippen molar-refractivity contribution in [3.63, 3.8) is 0 Å². The van der Waals surface area contributed by atoms with Gasteiger partial charge in [0.25, 0.3) is 0 Å². The average Bonchev–Trinajstić information content (AvgIpc) is 2.80. The first-order chi connectivity index (χ1) is 14.8. The zero-order valence-corrected chi connectivity index (χ0v) is 17.3. The maximum absolute atomic E-state index is 6.16. The molecule has 4 aromatic rings. The maximum atomic E-state index is 6.16. The van der Waals surface area contributed by atoms with Gasteiger partial charge in [-0.05, 0) is 42.5 Å². The number of anilines is 4. The summed E-state index contributed by atoms with van der Waals surface area (Å²) < 4.78 is 0. The first kappa shape index (κ1) is 18.7. The van der Waals surface area contributed by atoms with Crippen molar-refractivity contribution in [3.8, 4) is 0 Å². The van der Waals surface area contributed by atoms with E-state index in [-0.39, 0.29) is 0 Å². The molecule has 6 heteroatoms. The molecule has 1 aliphatic rings. The summed E-state index contributed by atoms with van der Waals surface area (Å²) >= 11 is 6.16. The van der Waals surface area contributed by atoms with Crippen molar-refractivity contribution in [2.45, 2.75) is 0 Å². The van der Waals surface area contributed by atoms with Crippen molar-refractivity contribution in [2.75, 3.05) is 41.3 Å². The van der Waals surface area contributed by atoms with Gasteiger partial charge in [-0.2, -0.15) is 4.98 Å². The Hall–Kier alpha value is -3.31. The molecule has 1 aromatic heterocycles. The predicted octanol–water partition coefficient (Wildman–Crippen LogP) is 5.35. The van der Waals surface area contributed by atoms with E-state index in [2.05, 4.69) is 27.2 Å². The summed E-state index contributed by atoms with van der Waals surface area (Å²) in [5.41, 5.74) is 3.12. The van der Waals surface area contributed by atoms with Crippen LogP contribution in [0.15, 0.2) is 78.9 Å². The highest BCUT2D eigenvalue weighted by Gasteiger charge is 2.21. The van der Waals surface area contributed by atoms with Crippen LogP contribution in [0.5, 0.6) is 0 Å². The lowest BCUT2D eigenvalue weighted by Crippen LogP contribution is -2.47. The van der Waals surface area contributed by atoms with Crippen molar-refractivity contribution in [1.82, 2.24) is 9.97 Å². The molecule has 5 nitrogen and oxygen atoms in total. The number of rotatable bonds is 4. The molecule has 0 saturated carbocycles. The highest BCUT2D eigenvalue weighted by Crippen LogP contribution is 2.27. The molecular weight excluding hydrogens is 394 g/mol. The Morgan fingerprint density at radius 1 is 0.733 bits per heavy atom. The number of nitrogens with zero attached hydrogens (tertiary/aromatic N) is 4. The van der Waals surface area contributed by atoms with Gasteiger partial charge in [0.2, 0.25) is 5.95 Å². The van der Waals surface area contributed by atoms with Gasteiger partial charge >= 0.3 is 0 Å². The quantitative estimate of drug-likeness (QED) is 0.486. The minimum atomic E-state index is 0.762. The predicted molar refractivity (Wildman–Crippen MR) is 125 cm³/mol. The molecule has 3 aromatic carbocycles. The third-order valence-electron chi connectivity index (χ3n) is 5.36. The lowest BCUT2D eigenvalue weighted by atomic mass is 10.2. The number of fused-ring (bicyclic) bond motifs is 1. The van der Waals surface area contributed by atoms with E-state index in [0.29, 0.717) is 0 Å². The van der Waals surface area contributed by atoms with Gasteiger partial charge in [-0.3, -0.25) is 0 Å². The number of halogens is 1. The molecule has 150 valence electrons. The van der Waals surface area contributed by atoms with Gasteiger partial charge < -0.3 is 15.1 Å². The van der Waals surface area contributed by atoms with Gasteiger partial charge in [0, 0.05) is 48.0 Å². The lowest BCUT2D eigenvalue weighted by molar-refractivity contribution is 0.641. The van der Waals surface area contributed by atoms with E-state index in [1.165, 1.54) is 0 Å². The molecule has 1 saturated heterocycles. The highest BCUT2D eigenvalue weighted by atomic mass is 35.5. The molecular formula is C24H22ClN5. The molecule has 0 unspecified atom stereocenters. The Morgan fingerprint density at radius 3 is 2.27 bits per heavy atom. The zero-order chi connectivity index (χ0) is 20.3. The minimum Gasteiger partial charge on any atom is -0.368 e. The molecule has 0 aliphatic carbocycles. The molecule has 5 rings (SSSR count). The van der Waals surface area contributed by atoms with Gasteiger partial charge in [0.05, 0.1) is 5.52 Å². The van der Waals surface area contributed by atoms with Crippen LogP contribution in [-0.2, 0) is 0 Å². The standard InChI is InChI=1S/C24H22ClN5/c25-18-7-6-10-20(17-18)29-13-15-30(16-14-29)24-27-22-12-5-4-11-21(22)23(28-24)26-19-8-2-1-3-9-19/h1-12,17H,13-16H2,(H,26,27,28). The van der Waals surface area contributed by atoms with Gasteiger partial charge in [-0.15, -0.1) is 0 Å². The maximum Gasteiger partial charge on any atom is 0.228 e. The van der Waals surface area contributed by atoms with Crippen molar-refractivity contribution >= 4 is 45.6 Å². The third kappa shape index (κ3) is 3.89. The van der Waals surface area contributed by atoms with Crippen LogP contribution in [0.4, 0.5) is 23.1 Å². The molecule has 0 amide bonds. The smallest absolute Gasteiger partial charge is 0.228 e. The van der Waals surface area contributed by atoms with Crippen molar-refractivity contribution in [3.05, 3.63) is 83.9 Å². The zero-order valence-electron chi connectivity index (χ0n) is 16.5. The van der Waals surface area contributed by atoms with E-state index < -0.39 is 0 Å². The summed E-state index contributed by atoms with van der Waals surface area (Å²) in [6.45, 7) is 3.52. The Bertz CT molecular complexity index is 1160. The molecule has 30 heavy (non-hydrogen) atoms. The van der Waals surface area contributed by atoms with E-state index in [9.17, 15) is 0 Å². The molecule has 0 bridgehead atoms. The van der Waals surface area contributed by atoms with Crippen LogP contribution in [0, 0.1) is 0 Å². The van der Waals surface area contributed by atoms with Gasteiger partial charge in [-0.25, -0.2) is 4.98 Å². The lowest BCUT2D eigenvalue weighted by Gasteiger charge is -2.36. The molecule has 1 fully saturated rings. The monoisotopic (exact) mass is 415 g/mol. The average molecular weight is 416 g/mol. The van der Waals surface area contributed by atoms with Crippen LogP contribution in [-0.4, -0.2) is 36.1 Å². The van der Waals surface area contributed by atoms with Crippen molar-refractivity contribution in [2.24, 2.45) is 0 Å². The van der Waals surface area contributed by atoms with Crippen LogP contribution < -0.4 is 15.1 Å². The number of hydrogen-bond donors (Lipinski definition) is 1. The van der Waals surface area contributed by atoms with Crippen LogP contribution in [0.2, 0.25) is 5.02 Å². The molecule has 0 radical (unpaired) electrons. The van der Waals surface area contributed by atoms with E-state index in [1.807, 2.05) is 66.7 Å². The van der Waals surface area contributed by atoms with Gasteiger partial charge in [-0.1, -0.05) is 48.0 Å². The number of benzene rings is 3. The first-order valence-electron chi connectivity index (χ1n) is 10.1. The minimum absolute atomic E-state index is 0.762. The SMILES string of the molecule is Clc1cccc(N2CCN(c3nc(Nc4ccccc4)c4ccccc4n3)CC2)c1. The van der Waals surface area contributed by atoms with E-state index in [4.69, 9.17) is 21.6 Å². The number of piperazine rings is 1. The molecule has 1 aliphatic heterocycles. The summed E-state index contributed by atoms with van der Waals surface area (Å²) in [5.74, 6) is 1.59. The van der Waals surface area contributed by atoms with Gasteiger partial charge in [0.1, 0.15) is 5.82 Å².